The van der Waals surface area contributed by atoms with E-state index < -0.39 is 0 Å². The smallest absolute Gasteiger partial charge is 0.319 e. The van der Waals surface area contributed by atoms with Crippen LogP contribution in [0.1, 0.15) is 34.6 Å². The van der Waals surface area contributed by atoms with Crippen molar-refractivity contribution in [2.24, 2.45) is 4.99 Å². The van der Waals surface area contributed by atoms with Gasteiger partial charge in [0.1, 0.15) is 17.3 Å². The quantitative estimate of drug-likeness (QED) is 0.374. The first-order chi connectivity index (χ1) is 17.1. The van der Waals surface area contributed by atoms with Crippen molar-refractivity contribution in [3.63, 3.8) is 0 Å². The number of aromatic nitrogens is 3. The van der Waals surface area contributed by atoms with Gasteiger partial charge in [0.25, 0.3) is 0 Å². The molecule has 0 unspecified atom stereocenters. The van der Waals surface area contributed by atoms with Gasteiger partial charge in [-0.2, -0.15) is 0 Å². The van der Waals surface area contributed by atoms with E-state index in [2.05, 4.69) is 33.8 Å². The first-order valence-corrected chi connectivity index (χ1v) is 12.3. The highest BCUT2D eigenvalue weighted by Crippen LogP contribution is 2.34. The highest BCUT2D eigenvalue weighted by atomic mass is 35.5. The summed E-state index contributed by atoms with van der Waals surface area (Å²) in [6.07, 6.45) is 0.896. The molecule has 1 aliphatic heterocycles. The maximum absolute atomic E-state index is 12.6. The second-order valence-corrected chi connectivity index (χ2v) is 9.39. The van der Waals surface area contributed by atoms with Crippen LogP contribution in [-0.4, -0.2) is 33.6 Å². The van der Waals surface area contributed by atoms with Gasteiger partial charge >= 0.3 is 6.03 Å². The summed E-state index contributed by atoms with van der Waals surface area (Å²) < 4.78 is 7.31. The van der Waals surface area contributed by atoms with Gasteiger partial charge in [-0.05, 0) is 36.8 Å². The molecule has 1 aliphatic rings. The van der Waals surface area contributed by atoms with Crippen molar-refractivity contribution in [1.82, 2.24) is 20.1 Å². The molecule has 0 aliphatic carbocycles. The number of benzene rings is 2. The highest BCUT2D eigenvalue weighted by Gasteiger charge is 2.25. The van der Waals surface area contributed by atoms with Crippen LogP contribution in [0.25, 0.3) is 5.00 Å². The van der Waals surface area contributed by atoms with Crippen LogP contribution < -0.4 is 15.4 Å². The molecule has 0 saturated heterocycles. The van der Waals surface area contributed by atoms with Gasteiger partial charge in [-0.3, -0.25) is 9.56 Å². The number of urea groups is 1. The number of ether oxygens (including phenoxy) is 1. The lowest BCUT2D eigenvalue weighted by Crippen LogP contribution is -2.29. The molecular formula is C25H23ClN6O2S. The molecule has 3 heterocycles. The number of rotatable bonds is 6. The number of thiophene rings is 1. The van der Waals surface area contributed by atoms with Gasteiger partial charge in [0, 0.05) is 21.0 Å². The van der Waals surface area contributed by atoms with Crippen molar-refractivity contribution in [1.29, 1.82) is 0 Å². The first kappa shape index (κ1) is 23.1. The number of nitrogens with zero attached hydrogens (tertiary/aromatic N) is 4. The molecule has 8 nitrogen and oxygen atoms in total. The lowest BCUT2D eigenvalue weighted by Gasteiger charge is -2.12. The number of fused-ring (bicyclic) bond motifs is 3. The van der Waals surface area contributed by atoms with E-state index in [1.807, 2.05) is 41.0 Å². The summed E-state index contributed by atoms with van der Waals surface area (Å²) in [5, 5.41) is 16.1. The number of hydrogen-bond donors (Lipinski definition) is 2. The zero-order valence-corrected chi connectivity index (χ0v) is 20.8. The van der Waals surface area contributed by atoms with E-state index >= 15 is 0 Å². The molecular weight excluding hydrogens is 484 g/mol. The average Bonchev–Trinajstić information content (AvgIpc) is 3.43. The first-order valence-electron chi connectivity index (χ1n) is 11.1. The molecule has 35 heavy (non-hydrogen) atoms. The van der Waals surface area contributed by atoms with Crippen molar-refractivity contribution >= 4 is 40.4 Å². The number of aryl methyl sites for hydroxylation is 1. The Kier molecular flexibility index (Phi) is 6.52. The van der Waals surface area contributed by atoms with E-state index in [1.54, 1.807) is 30.6 Å². The largest absolute Gasteiger partial charge is 0.495 e. The highest BCUT2D eigenvalue weighted by molar-refractivity contribution is 7.15. The van der Waals surface area contributed by atoms with Gasteiger partial charge in [0.15, 0.2) is 11.6 Å². The molecule has 2 N–H and O–H groups in total. The van der Waals surface area contributed by atoms with Crippen molar-refractivity contribution in [3.05, 3.63) is 87.3 Å². The van der Waals surface area contributed by atoms with E-state index in [0.29, 0.717) is 28.8 Å². The van der Waals surface area contributed by atoms with Crippen LogP contribution in [0, 0.1) is 0 Å². The Morgan fingerprint density at radius 2 is 2.03 bits per heavy atom. The Balaban J connectivity index is 1.43. The van der Waals surface area contributed by atoms with Gasteiger partial charge < -0.3 is 15.4 Å². The minimum absolute atomic E-state index is 0.194. The Labute approximate surface area is 211 Å². The summed E-state index contributed by atoms with van der Waals surface area (Å²) in [4.78, 5) is 18.7. The molecule has 0 radical (unpaired) electrons. The number of hydrogen-bond acceptors (Lipinski definition) is 6. The number of nitrogens with one attached hydrogen (secondary N) is 2. The van der Waals surface area contributed by atoms with Crippen molar-refractivity contribution in [2.75, 3.05) is 12.4 Å². The molecule has 0 saturated carbocycles. The molecule has 10 heteroatoms. The molecule has 178 valence electrons. The molecule has 2 amide bonds. The predicted molar refractivity (Wildman–Crippen MR) is 138 cm³/mol. The Morgan fingerprint density at radius 3 is 2.83 bits per heavy atom. The average molecular weight is 507 g/mol. The Hall–Kier alpha value is -3.69. The van der Waals surface area contributed by atoms with Crippen LogP contribution >= 0.6 is 22.9 Å². The normalized spacial score (nSPS) is 12.3. The third-order valence-electron chi connectivity index (χ3n) is 5.61. The minimum atomic E-state index is -0.364. The summed E-state index contributed by atoms with van der Waals surface area (Å²) in [6.45, 7) is 2.68. The molecule has 2 aromatic heterocycles. The fourth-order valence-electron chi connectivity index (χ4n) is 3.94. The minimum Gasteiger partial charge on any atom is -0.495 e. The van der Waals surface area contributed by atoms with Crippen LogP contribution in [0.5, 0.6) is 5.75 Å². The SMILES string of the molecule is CCc1cc2c(s1)-n1c(nnc1CNC(=O)Nc1ccccc1OC)CN=C2c1cccc(Cl)c1. The number of amides is 2. The summed E-state index contributed by atoms with van der Waals surface area (Å²) in [6, 6.07) is 16.7. The number of halogens is 1. The number of carbonyl (C=O) groups is 1. The summed E-state index contributed by atoms with van der Waals surface area (Å²) in [7, 11) is 1.56. The number of carbonyl (C=O) groups excluding carboxylic acids is 1. The van der Waals surface area contributed by atoms with E-state index in [0.717, 1.165) is 34.1 Å². The Bertz CT molecular complexity index is 1430. The van der Waals surface area contributed by atoms with E-state index in [4.69, 9.17) is 21.3 Å². The number of aliphatic imine (C=N–C) groups is 1. The van der Waals surface area contributed by atoms with Crippen molar-refractivity contribution in [2.45, 2.75) is 26.4 Å². The molecule has 0 atom stereocenters. The summed E-state index contributed by atoms with van der Waals surface area (Å²) >= 11 is 7.95. The van der Waals surface area contributed by atoms with E-state index in [9.17, 15) is 4.79 Å². The molecule has 0 bridgehead atoms. The van der Waals surface area contributed by atoms with Crippen molar-refractivity contribution < 1.29 is 9.53 Å². The van der Waals surface area contributed by atoms with E-state index in [1.165, 1.54) is 4.88 Å². The van der Waals surface area contributed by atoms with Crippen LogP contribution in [0.2, 0.25) is 5.02 Å². The monoisotopic (exact) mass is 506 g/mol. The zero-order chi connectivity index (χ0) is 24.4. The fraction of sp³-hybridized carbons (Fsp3) is 0.200. The molecule has 2 aromatic carbocycles. The Morgan fingerprint density at radius 1 is 1.17 bits per heavy atom. The lowest BCUT2D eigenvalue weighted by atomic mass is 10.0. The third-order valence-corrected chi connectivity index (χ3v) is 7.11. The number of para-hydroxylation sites is 2. The predicted octanol–water partition coefficient (Wildman–Crippen LogP) is 5.23. The van der Waals surface area contributed by atoms with E-state index in [-0.39, 0.29) is 12.6 Å². The number of anilines is 1. The molecule has 4 aromatic rings. The van der Waals surface area contributed by atoms with Gasteiger partial charge in [-0.1, -0.05) is 42.8 Å². The molecule has 0 fully saturated rings. The fourth-order valence-corrected chi connectivity index (χ4v) is 5.26. The van der Waals surface area contributed by atoms with Gasteiger partial charge in [-0.15, -0.1) is 21.5 Å². The summed E-state index contributed by atoms with van der Waals surface area (Å²) in [5.41, 5.74) is 3.42. The van der Waals surface area contributed by atoms with Gasteiger partial charge in [-0.25, -0.2) is 4.79 Å². The third kappa shape index (κ3) is 4.65. The zero-order valence-electron chi connectivity index (χ0n) is 19.2. The topological polar surface area (TPSA) is 93.4 Å². The second-order valence-electron chi connectivity index (χ2n) is 7.84. The van der Waals surface area contributed by atoms with Crippen LogP contribution in [-0.2, 0) is 19.5 Å². The maximum Gasteiger partial charge on any atom is 0.319 e. The molecule has 0 spiro atoms. The standard InChI is InChI=1S/C25H23ClN6O2S/c1-3-17-12-18-23(15-7-6-8-16(26)11-15)27-13-21-30-31-22(32(21)24(18)35-17)14-28-25(33)29-19-9-4-5-10-20(19)34-2/h4-12H,3,13-14H2,1-2H3,(H2,28,29,33). The second kappa shape index (κ2) is 9.89. The maximum atomic E-state index is 12.6. The number of methoxy groups -OCH3 is 1. The van der Waals surface area contributed by atoms with Gasteiger partial charge in [0.05, 0.1) is 25.1 Å². The van der Waals surface area contributed by atoms with Crippen LogP contribution in [0.4, 0.5) is 10.5 Å². The lowest BCUT2D eigenvalue weighted by molar-refractivity contribution is 0.251. The summed E-state index contributed by atoms with van der Waals surface area (Å²) in [5.74, 6) is 1.93. The van der Waals surface area contributed by atoms with Crippen molar-refractivity contribution in [3.8, 4) is 10.8 Å². The molecule has 5 rings (SSSR count). The van der Waals surface area contributed by atoms with Gasteiger partial charge in [0.2, 0.25) is 0 Å². The van der Waals surface area contributed by atoms with Crippen LogP contribution in [0.3, 0.4) is 0 Å². The van der Waals surface area contributed by atoms with Crippen LogP contribution in [0.15, 0.2) is 59.6 Å².